The lowest BCUT2D eigenvalue weighted by Crippen LogP contribution is -2.43. The summed E-state index contributed by atoms with van der Waals surface area (Å²) in [4.78, 5) is 5.45. The van der Waals surface area contributed by atoms with Gasteiger partial charge >= 0.3 is 6.18 Å². The molecule has 1 fully saturated rings. The molecule has 20 heavy (non-hydrogen) atoms. The van der Waals surface area contributed by atoms with Crippen molar-refractivity contribution >= 4 is 17.3 Å². The van der Waals surface area contributed by atoms with Crippen molar-refractivity contribution in [3.8, 4) is 0 Å². The number of pyridine rings is 1. The van der Waals surface area contributed by atoms with Gasteiger partial charge in [-0.25, -0.2) is 4.98 Å². The summed E-state index contributed by atoms with van der Waals surface area (Å²) in [6.45, 7) is 1.98. The lowest BCUT2D eigenvalue weighted by molar-refractivity contribution is -0.147. The SMILES string of the molecule is Cc1ccnc(Cl)c1NC1CCN(CC(F)(F)F)CC1. The first-order valence-electron chi connectivity index (χ1n) is 6.52. The Morgan fingerprint density at radius 3 is 2.60 bits per heavy atom. The molecule has 0 amide bonds. The van der Waals surface area contributed by atoms with Crippen LogP contribution in [0.5, 0.6) is 0 Å². The van der Waals surface area contributed by atoms with Gasteiger partial charge < -0.3 is 5.32 Å². The second kappa shape index (κ2) is 6.18. The number of aryl methyl sites for hydroxylation is 1. The van der Waals surface area contributed by atoms with Crippen LogP contribution in [0, 0.1) is 6.92 Å². The van der Waals surface area contributed by atoms with Gasteiger partial charge in [0.1, 0.15) is 0 Å². The number of hydrogen-bond acceptors (Lipinski definition) is 3. The van der Waals surface area contributed by atoms with E-state index < -0.39 is 12.7 Å². The fourth-order valence-corrected chi connectivity index (χ4v) is 2.65. The standard InChI is InChI=1S/C13H17ClF3N3/c1-9-2-5-18-12(14)11(9)19-10-3-6-20(7-4-10)8-13(15,16)17/h2,5,10,19H,3-4,6-8H2,1H3. The molecule has 7 heteroatoms. The molecule has 112 valence electrons. The molecule has 1 aromatic heterocycles. The molecule has 1 N–H and O–H groups in total. The summed E-state index contributed by atoms with van der Waals surface area (Å²) in [5, 5.41) is 3.70. The van der Waals surface area contributed by atoms with E-state index in [1.807, 2.05) is 13.0 Å². The Morgan fingerprint density at radius 1 is 1.40 bits per heavy atom. The molecule has 0 unspecified atom stereocenters. The molecule has 3 nitrogen and oxygen atoms in total. The molecule has 1 aliphatic heterocycles. The van der Waals surface area contributed by atoms with Crippen molar-refractivity contribution in [2.75, 3.05) is 25.0 Å². The summed E-state index contributed by atoms with van der Waals surface area (Å²) in [7, 11) is 0. The normalized spacial score (nSPS) is 18.2. The highest BCUT2D eigenvalue weighted by Gasteiger charge is 2.32. The molecular formula is C13H17ClF3N3. The Balaban J connectivity index is 1.89. The van der Waals surface area contributed by atoms with Gasteiger partial charge in [0.15, 0.2) is 5.15 Å². The number of alkyl halides is 3. The van der Waals surface area contributed by atoms with Crippen molar-refractivity contribution in [3.05, 3.63) is 23.0 Å². The summed E-state index contributed by atoms with van der Waals surface area (Å²) in [6, 6.07) is 1.99. The highest BCUT2D eigenvalue weighted by molar-refractivity contribution is 6.32. The van der Waals surface area contributed by atoms with Crippen molar-refractivity contribution in [1.82, 2.24) is 9.88 Å². The van der Waals surface area contributed by atoms with Crippen LogP contribution in [0.2, 0.25) is 5.15 Å². The van der Waals surface area contributed by atoms with E-state index in [9.17, 15) is 13.2 Å². The second-order valence-corrected chi connectivity index (χ2v) is 5.46. The molecular weight excluding hydrogens is 291 g/mol. The minimum Gasteiger partial charge on any atom is -0.380 e. The minimum absolute atomic E-state index is 0.139. The number of rotatable bonds is 3. The quantitative estimate of drug-likeness (QED) is 0.867. The zero-order valence-electron chi connectivity index (χ0n) is 11.2. The van der Waals surface area contributed by atoms with Gasteiger partial charge in [0, 0.05) is 25.3 Å². The van der Waals surface area contributed by atoms with Gasteiger partial charge in [0.25, 0.3) is 0 Å². The number of nitrogens with zero attached hydrogens (tertiary/aromatic N) is 2. The zero-order chi connectivity index (χ0) is 14.8. The van der Waals surface area contributed by atoms with Crippen molar-refractivity contribution < 1.29 is 13.2 Å². The van der Waals surface area contributed by atoms with E-state index in [0.29, 0.717) is 31.1 Å². The van der Waals surface area contributed by atoms with E-state index in [2.05, 4.69) is 10.3 Å². The van der Waals surface area contributed by atoms with Gasteiger partial charge in [-0.1, -0.05) is 11.6 Å². The first kappa shape index (κ1) is 15.4. The second-order valence-electron chi connectivity index (χ2n) is 5.10. The monoisotopic (exact) mass is 307 g/mol. The van der Waals surface area contributed by atoms with Gasteiger partial charge in [-0.2, -0.15) is 13.2 Å². The summed E-state index contributed by atoms with van der Waals surface area (Å²) < 4.78 is 36.9. The molecule has 2 rings (SSSR count). The van der Waals surface area contributed by atoms with Crippen LogP contribution in [0.1, 0.15) is 18.4 Å². The molecule has 1 aliphatic rings. The summed E-state index contributed by atoms with van der Waals surface area (Å²) in [6.07, 6.45) is -1.15. The number of hydrogen-bond donors (Lipinski definition) is 1. The maximum atomic E-state index is 12.3. The average molecular weight is 308 g/mol. The number of aromatic nitrogens is 1. The highest BCUT2D eigenvalue weighted by atomic mass is 35.5. The number of likely N-dealkylation sites (tertiary alicyclic amines) is 1. The van der Waals surface area contributed by atoms with Crippen LogP contribution in [0.25, 0.3) is 0 Å². The van der Waals surface area contributed by atoms with Crippen LogP contribution in [-0.4, -0.2) is 41.7 Å². The number of anilines is 1. The number of piperidine rings is 1. The van der Waals surface area contributed by atoms with E-state index in [0.717, 1.165) is 11.3 Å². The van der Waals surface area contributed by atoms with E-state index in [1.165, 1.54) is 4.90 Å². The first-order chi connectivity index (χ1) is 9.35. The molecule has 0 atom stereocenters. The highest BCUT2D eigenvalue weighted by Crippen LogP contribution is 2.26. The molecule has 0 saturated carbocycles. The predicted octanol–water partition coefficient (Wildman–Crippen LogP) is 3.48. The van der Waals surface area contributed by atoms with Gasteiger partial charge in [-0.05, 0) is 31.4 Å². The maximum Gasteiger partial charge on any atom is 0.401 e. The maximum absolute atomic E-state index is 12.3. The van der Waals surface area contributed by atoms with Crippen molar-refractivity contribution in [2.45, 2.75) is 32.0 Å². The van der Waals surface area contributed by atoms with Crippen LogP contribution >= 0.6 is 11.6 Å². The Bertz CT molecular complexity index is 436. The predicted molar refractivity (Wildman–Crippen MR) is 73.1 cm³/mol. The van der Waals surface area contributed by atoms with Gasteiger partial charge in [-0.15, -0.1) is 0 Å². The summed E-state index contributed by atoms with van der Waals surface area (Å²) in [5.74, 6) is 0. The van der Waals surface area contributed by atoms with E-state index >= 15 is 0 Å². The number of nitrogens with one attached hydrogen (secondary N) is 1. The van der Waals surface area contributed by atoms with E-state index in [1.54, 1.807) is 6.20 Å². The smallest absolute Gasteiger partial charge is 0.380 e. The molecule has 1 saturated heterocycles. The summed E-state index contributed by atoms with van der Waals surface area (Å²) in [5.41, 5.74) is 1.77. The molecule has 0 bridgehead atoms. The number of halogens is 4. The molecule has 1 aromatic rings. The molecule has 0 aromatic carbocycles. The molecule has 0 radical (unpaired) electrons. The Morgan fingerprint density at radius 2 is 2.05 bits per heavy atom. The largest absolute Gasteiger partial charge is 0.401 e. The fraction of sp³-hybridized carbons (Fsp3) is 0.615. The minimum atomic E-state index is -4.12. The average Bonchev–Trinajstić information content (AvgIpc) is 2.34. The molecule has 0 aliphatic carbocycles. The van der Waals surface area contributed by atoms with Gasteiger partial charge in [0.2, 0.25) is 0 Å². The molecule has 0 spiro atoms. The van der Waals surface area contributed by atoms with Crippen LogP contribution in [0.3, 0.4) is 0 Å². The third-order valence-electron chi connectivity index (χ3n) is 3.45. The Hall–Kier alpha value is -1.01. The van der Waals surface area contributed by atoms with Crippen LogP contribution < -0.4 is 5.32 Å². The molecule has 2 heterocycles. The van der Waals surface area contributed by atoms with Crippen molar-refractivity contribution in [3.63, 3.8) is 0 Å². The Labute approximate surface area is 121 Å². The topological polar surface area (TPSA) is 28.2 Å². The third-order valence-corrected chi connectivity index (χ3v) is 3.74. The fourth-order valence-electron chi connectivity index (χ4n) is 2.39. The van der Waals surface area contributed by atoms with E-state index in [4.69, 9.17) is 11.6 Å². The summed E-state index contributed by atoms with van der Waals surface area (Å²) >= 11 is 6.03. The Kier molecular flexibility index (Phi) is 4.75. The lowest BCUT2D eigenvalue weighted by atomic mass is 10.0. The van der Waals surface area contributed by atoms with Crippen LogP contribution in [0.4, 0.5) is 18.9 Å². The zero-order valence-corrected chi connectivity index (χ0v) is 11.9. The van der Waals surface area contributed by atoms with E-state index in [-0.39, 0.29) is 6.04 Å². The van der Waals surface area contributed by atoms with Gasteiger partial charge in [0.05, 0.1) is 12.2 Å². The van der Waals surface area contributed by atoms with Gasteiger partial charge in [-0.3, -0.25) is 4.90 Å². The van der Waals surface area contributed by atoms with Crippen molar-refractivity contribution in [1.29, 1.82) is 0 Å². The lowest BCUT2D eigenvalue weighted by Gasteiger charge is -2.33. The van der Waals surface area contributed by atoms with Crippen LogP contribution in [-0.2, 0) is 0 Å². The van der Waals surface area contributed by atoms with Crippen LogP contribution in [0.15, 0.2) is 12.3 Å². The van der Waals surface area contributed by atoms with Crippen molar-refractivity contribution in [2.24, 2.45) is 0 Å². The third kappa shape index (κ3) is 4.24. The first-order valence-corrected chi connectivity index (χ1v) is 6.90.